The molecule has 57 heavy (non-hydrogen) atoms. The van der Waals surface area contributed by atoms with Crippen molar-refractivity contribution in [3.63, 3.8) is 0 Å². The van der Waals surface area contributed by atoms with Gasteiger partial charge in [0.1, 0.15) is 36.8 Å². The lowest BCUT2D eigenvalue weighted by atomic mass is 10.0. The Morgan fingerprint density at radius 1 is 0.509 bits per heavy atom. The van der Waals surface area contributed by atoms with Crippen molar-refractivity contribution in [2.24, 2.45) is 0 Å². The van der Waals surface area contributed by atoms with Gasteiger partial charge in [0.05, 0.1) is 42.8 Å². The molecule has 5 rings (SSSR count). The SMILES string of the molecule is CCCCCCCCCCCC[C@H](OCOC)[C@H]1CC[C@H]([C@H]2CC[C@H]([C@@H](CCCCC[P+](c3ccccc3)(c3ccccc3)c3ccccc3)OCOC)O2)O1.[I-]. The van der Waals surface area contributed by atoms with E-state index in [4.69, 9.17) is 28.4 Å². The van der Waals surface area contributed by atoms with Crippen molar-refractivity contribution in [3.05, 3.63) is 91.0 Å². The lowest BCUT2D eigenvalue weighted by molar-refractivity contribution is -0.158. The summed E-state index contributed by atoms with van der Waals surface area (Å²) < 4.78 is 36.8. The Balaban J connectivity index is 0.00000720. The first-order valence-electron chi connectivity index (χ1n) is 22.3. The highest BCUT2D eigenvalue weighted by Gasteiger charge is 2.45. The standard InChI is InChI=1S/C49H74O6P.HI/c1-4-5-6-7-8-9-10-11-12-23-32-44(52-39-50-2)46-34-36-48(54-46)49-37-35-47(55-49)45(53-40-51-3)33-24-16-25-38-56(41-26-17-13-18-27-41,42-28-19-14-20-29-42)43-30-21-15-22-31-43;/h13-15,17-22,26-31,44-49H,4-12,16,23-25,32-40H2,1-3H3;1H/q+1;/p-1/t44-,45+,46+,47+,48+,49+;/m0./s1. The van der Waals surface area contributed by atoms with E-state index in [-0.39, 0.29) is 60.6 Å². The second-order valence-corrected chi connectivity index (χ2v) is 19.8. The molecule has 0 amide bonds. The Morgan fingerprint density at radius 3 is 1.26 bits per heavy atom. The summed E-state index contributed by atoms with van der Waals surface area (Å²) in [4.78, 5) is 0. The summed E-state index contributed by atoms with van der Waals surface area (Å²) in [6.45, 7) is 2.90. The van der Waals surface area contributed by atoms with E-state index in [0.717, 1.165) is 63.9 Å². The van der Waals surface area contributed by atoms with Gasteiger partial charge in [-0.05, 0) is 87.8 Å². The molecule has 2 fully saturated rings. The zero-order chi connectivity index (χ0) is 39.1. The van der Waals surface area contributed by atoms with Crippen molar-refractivity contribution in [1.29, 1.82) is 0 Å². The highest BCUT2D eigenvalue weighted by molar-refractivity contribution is 7.95. The Labute approximate surface area is 364 Å². The summed E-state index contributed by atoms with van der Waals surface area (Å²) in [5.74, 6) is 0. The van der Waals surface area contributed by atoms with Gasteiger partial charge in [-0.15, -0.1) is 0 Å². The molecule has 2 heterocycles. The van der Waals surface area contributed by atoms with Crippen LogP contribution in [0, 0.1) is 0 Å². The third-order valence-corrected chi connectivity index (χ3v) is 16.7. The third kappa shape index (κ3) is 15.2. The fourth-order valence-electron chi connectivity index (χ4n) is 9.12. The number of hydrogen-bond donors (Lipinski definition) is 0. The van der Waals surface area contributed by atoms with Gasteiger partial charge in [-0.25, -0.2) is 0 Å². The lowest BCUT2D eigenvalue weighted by Crippen LogP contribution is -3.00. The number of halogens is 1. The number of benzene rings is 3. The average molecular weight is 917 g/mol. The van der Waals surface area contributed by atoms with Crippen LogP contribution in [0.2, 0.25) is 0 Å². The monoisotopic (exact) mass is 916 g/mol. The highest BCUT2D eigenvalue weighted by atomic mass is 127. The van der Waals surface area contributed by atoms with E-state index in [2.05, 4.69) is 97.9 Å². The smallest absolute Gasteiger partial charge is 0.146 e. The van der Waals surface area contributed by atoms with E-state index in [9.17, 15) is 0 Å². The van der Waals surface area contributed by atoms with E-state index in [1.807, 2.05) is 0 Å². The molecular formula is C49H74IO6P. The van der Waals surface area contributed by atoms with Gasteiger partial charge in [-0.2, -0.15) is 0 Å². The third-order valence-electron chi connectivity index (χ3n) is 12.1. The van der Waals surface area contributed by atoms with Gasteiger partial charge in [0.2, 0.25) is 0 Å². The summed E-state index contributed by atoms with van der Waals surface area (Å²) in [6, 6.07) is 33.7. The summed E-state index contributed by atoms with van der Waals surface area (Å²) in [5.41, 5.74) is 0. The second kappa shape index (κ2) is 28.2. The molecule has 8 heteroatoms. The fraction of sp³-hybridized carbons (Fsp3) is 0.633. The molecule has 2 aliphatic heterocycles. The number of rotatable bonds is 29. The molecule has 3 aromatic rings. The molecule has 6 atom stereocenters. The number of unbranched alkanes of at least 4 members (excludes halogenated alkanes) is 11. The van der Waals surface area contributed by atoms with Crippen LogP contribution in [-0.4, -0.2) is 70.6 Å². The molecule has 2 aliphatic rings. The van der Waals surface area contributed by atoms with E-state index in [1.54, 1.807) is 14.2 Å². The molecule has 0 aliphatic carbocycles. The molecule has 6 nitrogen and oxygen atoms in total. The molecule has 0 unspecified atom stereocenters. The molecule has 0 spiro atoms. The molecule has 318 valence electrons. The lowest BCUT2D eigenvalue weighted by Gasteiger charge is -2.28. The van der Waals surface area contributed by atoms with Crippen molar-refractivity contribution in [3.8, 4) is 0 Å². The van der Waals surface area contributed by atoms with Gasteiger partial charge in [0.15, 0.2) is 0 Å². The predicted molar refractivity (Wildman–Crippen MR) is 234 cm³/mol. The number of ether oxygens (including phenoxy) is 6. The van der Waals surface area contributed by atoms with Crippen LogP contribution in [0.3, 0.4) is 0 Å². The molecule has 0 bridgehead atoms. The maximum atomic E-state index is 6.80. The zero-order valence-electron chi connectivity index (χ0n) is 35.5. The van der Waals surface area contributed by atoms with E-state index >= 15 is 0 Å². The first-order chi connectivity index (χ1) is 27.7. The van der Waals surface area contributed by atoms with Gasteiger partial charge >= 0.3 is 0 Å². The minimum atomic E-state index is -1.82. The Hall–Kier alpha value is -1.42. The van der Waals surface area contributed by atoms with E-state index < -0.39 is 7.26 Å². The minimum Gasteiger partial charge on any atom is -1.00 e. The van der Waals surface area contributed by atoms with Gasteiger partial charge < -0.3 is 52.4 Å². The molecule has 2 saturated heterocycles. The van der Waals surface area contributed by atoms with Gasteiger partial charge in [0.25, 0.3) is 0 Å². The number of hydrogen-bond acceptors (Lipinski definition) is 6. The second-order valence-electron chi connectivity index (χ2n) is 16.2. The summed E-state index contributed by atoms with van der Waals surface area (Å²) in [7, 11) is 1.60. The molecular weight excluding hydrogens is 842 g/mol. The quantitative estimate of drug-likeness (QED) is 0.0306. The first-order valence-corrected chi connectivity index (χ1v) is 24.2. The van der Waals surface area contributed by atoms with Crippen LogP contribution in [0.15, 0.2) is 91.0 Å². The predicted octanol–water partition coefficient (Wildman–Crippen LogP) is 7.93. The van der Waals surface area contributed by atoms with Crippen LogP contribution in [0.4, 0.5) is 0 Å². The number of methoxy groups -OCH3 is 2. The van der Waals surface area contributed by atoms with Crippen LogP contribution in [0.1, 0.15) is 129 Å². The van der Waals surface area contributed by atoms with Gasteiger partial charge in [-0.1, -0.05) is 132 Å². The van der Waals surface area contributed by atoms with Crippen molar-refractivity contribution in [1.82, 2.24) is 0 Å². The van der Waals surface area contributed by atoms with E-state index in [0.29, 0.717) is 13.6 Å². The molecule has 0 saturated carbocycles. The van der Waals surface area contributed by atoms with Crippen LogP contribution < -0.4 is 39.9 Å². The molecule has 3 aromatic carbocycles. The van der Waals surface area contributed by atoms with Crippen molar-refractivity contribution >= 4 is 23.2 Å². The maximum Gasteiger partial charge on any atom is 0.146 e. The summed E-state index contributed by atoms with van der Waals surface area (Å²) >= 11 is 0. The van der Waals surface area contributed by atoms with Crippen LogP contribution >= 0.6 is 7.26 Å². The summed E-state index contributed by atoms with van der Waals surface area (Å²) in [5, 5.41) is 4.36. The molecule has 0 N–H and O–H groups in total. The maximum absolute atomic E-state index is 6.80. The topological polar surface area (TPSA) is 55.4 Å². The normalized spacial score (nSPS) is 20.7. The highest BCUT2D eigenvalue weighted by Crippen LogP contribution is 2.56. The van der Waals surface area contributed by atoms with Gasteiger partial charge in [0, 0.05) is 14.2 Å². The zero-order valence-corrected chi connectivity index (χ0v) is 38.5. The van der Waals surface area contributed by atoms with Crippen molar-refractivity contribution in [2.75, 3.05) is 34.0 Å². The van der Waals surface area contributed by atoms with Crippen molar-refractivity contribution in [2.45, 2.75) is 166 Å². The largest absolute Gasteiger partial charge is 1.00 e. The average Bonchev–Trinajstić information content (AvgIpc) is 3.94. The first kappa shape index (κ1) is 48.2. The van der Waals surface area contributed by atoms with E-state index in [1.165, 1.54) is 80.1 Å². The van der Waals surface area contributed by atoms with Crippen molar-refractivity contribution < 1.29 is 52.4 Å². The van der Waals surface area contributed by atoms with Crippen LogP contribution in [-0.2, 0) is 28.4 Å². The Kier molecular flexibility index (Phi) is 23.8. The van der Waals surface area contributed by atoms with Crippen LogP contribution in [0.5, 0.6) is 0 Å². The summed E-state index contributed by atoms with van der Waals surface area (Å²) in [6.07, 6.45) is 24.4. The Morgan fingerprint density at radius 2 is 0.877 bits per heavy atom. The Bertz CT molecular complexity index is 1320. The van der Waals surface area contributed by atoms with Crippen LogP contribution in [0.25, 0.3) is 0 Å². The minimum absolute atomic E-state index is 0. The molecule has 0 aromatic heterocycles. The van der Waals surface area contributed by atoms with Gasteiger partial charge in [-0.3, -0.25) is 0 Å². The fourth-order valence-corrected chi connectivity index (χ4v) is 13.5. The molecule has 0 radical (unpaired) electrons.